The van der Waals surface area contributed by atoms with E-state index >= 15 is 0 Å². The minimum Gasteiger partial charge on any atom is -0.466 e. The molecule has 0 N–H and O–H groups in total. The number of ether oxygens (including phenoxy) is 1. The fourth-order valence-corrected chi connectivity index (χ4v) is 6.22. The van der Waals surface area contributed by atoms with Crippen molar-refractivity contribution in [1.29, 1.82) is 0 Å². The molecule has 0 aliphatic carbocycles. The van der Waals surface area contributed by atoms with Crippen molar-refractivity contribution in [2.24, 2.45) is 0 Å². The third-order valence-electron chi connectivity index (χ3n) is 5.21. The Morgan fingerprint density at radius 3 is 1.83 bits per heavy atom. The highest BCUT2D eigenvalue weighted by Crippen LogP contribution is 2.28. The molecule has 3 aromatic carbocycles. The van der Waals surface area contributed by atoms with Crippen molar-refractivity contribution in [3.05, 3.63) is 108 Å². The van der Waals surface area contributed by atoms with Gasteiger partial charge in [0, 0.05) is 5.57 Å². The van der Waals surface area contributed by atoms with E-state index in [1.54, 1.807) is 0 Å². The largest absolute Gasteiger partial charge is 0.466 e. The molecule has 152 valence electrons. The van der Waals surface area contributed by atoms with Crippen LogP contribution in [0.15, 0.2) is 96.7 Å². The molecule has 0 saturated carbocycles. The Morgan fingerprint density at radius 2 is 1.30 bits per heavy atom. The van der Waals surface area contributed by atoms with E-state index in [0.29, 0.717) is 6.61 Å². The average molecular weight is 413 g/mol. The number of benzene rings is 3. The summed E-state index contributed by atoms with van der Waals surface area (Å²) in [7, 11) is -2.08. The summed E-state index contributed by atoms with van der Waals surface area (Å²) in [4.78, 5) is 12.4. The second-order valence-corrected chi connectivity index (χ2v) is 12.0. The lowest BCUT2D eigenvalue weighted by Crippen LogP contribution is -2.42. The molecule has 0 spiro atoms. The standard InChI is InChI=1S/C27H28O2Si/c1-4-29-27(28)21-24(22-14-8-5-9-15-22)20-26(23-16-10-6-11-17-23)30(2,3)25-18-12-7-13-19-25/h5-19H,4,21H2,1-3H3. The van der Waals surface area contributed by atoms with E-state index in [9.17, 15) is 4.79 Å². The van der Waals surface area contributed by atoms with Gasteiger partial charge in [0.05, 0.1) is 13.0 Å². The molecule has 0 aromatic heterocycles. The highest BCUT2D eigenvalue weighted by Gasteiger charge is 2.30. The smallest absolute Gasteiger partial charge is 0.310 e. The van der Waals surface area contributed by atoms with Crippen LogP contribution >= 0.6 is 0 Å². The Kier molecular flexibility index (Phi) is 7.24. The molecule has 0 aliphatic heterocycles. The van der Waals surface area contributed by atoms with Crippen LogP contribution in [0, 0.1) is 0 Å². The number of hydrogen-bond donors (Lipinski definition) is 0. The van der Waals surface area contributed by atoms with E-state index in [2.05, 4.69) is 67.4 Å². The number of carbonyl (C=O) groups excluding carboxylic acids is 1. The van der Waals surface area contributed by atoms with E-state index in [1.807, 2.05) is 49.4 Å². The molecule has 0 amide bonds. The van der Waals surface area contributed by atoms with Gasteiger partial charge >= 0.3 is 5.97 Å². The fraction of sp³-hybridized carbons (Fsp3) is 0.185. The Morgan fingerprint density at radius 1 is 0.800 bits per heavy atom. The first kappa shape index (κ1) is 21.6. The molecule has 0 unspecified atom stereocenters. The van der Waals surface area contributed by atoms with Gasteiger partial charge in [-0.1, -0.05) is 109 Å². The average Bonchev–Trinajstić information content (AvgIpc) is 2.78. The van der Waals surface area contributed by atoms with Gasteiger partial charge in [-0.25, -0.2) is 0 Å². The second-order valence-electron chi connectivity index (χ2n) is 7.68. The van der Waals surface area contributed by atoms with Crippen LogP contribution in [-0.2, 0) is 9.53 Å². The molecule has 0 heterocycles. The highest BCUT2D eigenvalue weighted by atomic mass is 28.3. The molecule has 0 radical (unpaired) electrons. The molecule has 3 heteroatoms. The van der Waals surface area contributed by atoms with Gasteiger partial charge < -0.3 is 4.74 Å². The molecular weight excluding hydrogens is 384 g/mol. The topological polar surface area (TPSA) is 26.3 Å². The third-order valence-corrected chi connectivity index (χ3v) is 8.65. The zero-order valence-corrected chi connectivity index (χ0v) is 18.9. The summed E-state index contributed by atoms with van der Waals surface area (Å²) < 4.78 is 5.25. The van der Waals surface area contributed by atoms with Crippen molar-refractivity contribution in [3.8, 4) is 0 Å². The van der Waals surface area contributed by atoms with Crippen LogP contribution in [0.25, 0.3) is 10.8 Å². The predicted octanol–water partition coefficient (Wildman–Crippen LogP) is 5.86. The molecule has 0 saturated heterocycles. The zero-order valence-electron chi connectivity index (χ0n) is 17.9. The first-order valence-electron chi connectivity index (χ1n) is 10.3. The van der Waals surface area contributed by atoms with E-state index < -0.39 is 8.07 Å². The van der Waals surface area contributed by atoms with Crippen molar-refractivity contribution < 1.29 is 9.53 Å². The normalized spacial score (nSPS) is 10.8. The lowest BCUT2D eigenvalue weighted by molar-refractivity contribution is -0.141. The first-order chi connectivity index (χ1) is 14.5. The van der Waals surface area contributed by atoms with E-state index in [4.69, 9.17) is 4.74 Å². The van der Waals surface area contributed by atoms with E-state index in [-0.39, 0.29) is 12.4 Å². The van der Waals surface area contributed by atoms with Gasteiger partial charge in [0.2, 0.25) is 0 Å². The van der Waals surface area contributed by atoms with Crippen molar-refractivity contribution in [2.45, 2.75) is 26.4 Å². The number of carbonyl (C=O) groups is 1. The molecule has 0 atom stereocenters. The molecule has 2 nitrogen and oxygen atoms in total. The van der Waals surface area contributed by atoms with Crippen molar-refractivity contribution in [2.75, 3.05) is 6.61 Å². The van der Waals surface area contributed by atoms with Gasteiger partial charge in [-0.05, 0) is 23.2 Å². The van der Waals surface area contributed by atoms with Gasteiger partial charge in [0.25, 0.3) is 0 Å². The quantitative estimate of drug-likeness (QED) is 0.276. The zero-order chi connectivity index (χ0) is 21.4. The van der Waals surface area contributed by atoms with Crippen LogP contribution in [-0.4, -0.2) is 20.7 Å². The summed E-state index contributed by atoms with van der Waals surface area (Å²) >= 11 is 0. The Hall–Kier alpha value is -3.13. The Labute approximate surface area is 180 Å². The molecule has 30 heavy (non-hydrogen) atoms. The SMILES string of the molecule is CCOC(=O)CC(=C=C(c1ccccc1)[Si](C)(C)c1ccccc1)c1ccccc1. The van der Waals surface area contributed by atoms with Gasteiger partial charge in [0.1, 0.15) is 8.07 Å². The van der Waals surface area contributed by atoms with Crippen LogP contribution in [0.4, 0.5) is 0 Å². The molecule has 3 aromatic rings. The van der Waals surface area contributed by atoms with Gasteiger partial charge in [-0.2, -0.15) is 0 Å². The summed E-state index contributed by atoms with van der Waals surface area (Å²) in [5.41, 5.74) is 6.72. The number of hydrogen-bond acceptors (Lipinski definition) is 2. The highest BCUT2D eigenvalue weighted by molar-refractivity contribution is 7.04. The van der Waals surface area contributed by atoms with Crippen molar-refractivity contribution in [3.63, 3.8) is 0 Å². The van der Waals surface area contributed by atoms with Crippen molar-refractivity contribution in [1.82, 2.24) is 0 Å². The maximum atomic E-state index is 12.4. The summed E-state index contributed by atoms with van der Waals surface area (Å²) in [5, 5.41) is 2.51. The van der Waals surface area contributed by atoms with Gasteiger partial charge in [0.15, 0.2) is 0 Å². The van der Waals surface area contributed by atoms with Gasteiger partial charge in [-0.3, -0.25) is 4.79 Å². The summed E-state index contributed by atoms with van der Waals surface area (Å²) in [6.07, 6.45) is 0.202. The van der Waals surface area contributed by atoms with E-state index in [0.717, 1.165) is 16.7 Å². The Balaban J connectivity index is 2.27. The molecule has 0 bridgehead atoms. The third kappa shape index (κ3) is 5.27. The second kappa shape index (κ2) is 10.1. The summed E-state index contributed by atoms with van der Waals surface area (Å²) in [6, 6.07) is 31.0. The first-order valence-corrected chi connectivity index (χ1v) is 13.3. The van der Waals surface area contributed by atoms with Gasteiger partial charge in [-0.15, -0.1) is 5.73 Å². The monoisotopic (exact) mass is 412 g/mol. The maximum absolute atomic E-state index is 12.4. The van der Waals surface area contributed by atoms with Crippen LogP contribution < -0.4 is 5.19 Å². The minimum absolute atomic E-state index is 0.202. The molecule has 3 rings (SSSR count). The van der Waals surface area contributed by atoms with Crippen LogP contribution in [0.5, 0.6) is 0 Å². The maximum Gasteiger partial charge on any atom is 0.310 e. The predicted molar refractivity (Wildman–Crippen MR) is 128 cm³/mol. The lowest BCUT2D eigenvalue weighted by Gasteiger charge is -2.26. The molecule has 0 aliphatic rings. The number of esters is 1. The van der Waals surface area contributed by atoms with E-state index in [1.165, 1.54) is 10.4 Å². The Bertz CT molecular complexity index is 1030. The summed E-state index contributed by atoms with van der Waals surface area (Å²) in [6.45, 7) is 6.89. The molecule has 0 fully saturated rings. The lowest BCUT2D eigenvalue weighted by atomic mass is 10.0. The fourth-order valence-electron chi connectivity index (χ4n) is 3.56. The van der Waals surface area contributed by atoms with Crippen LogP contribution in [0.3, 0.4) is 0 Å². The summed E-state index contributed by atoms with van der Waals surface area (Å²) in [5.74, 6) is -0.226. The number of rotatable bonds is 7. The van der Waals surface area contributed by atoms with Crippen LogP contribution in [0.2, 0.25) is 13.1 Å². The molecular formula is C27H28O2Si. The van der Waals surface area contributed by atoms with Crippen LogP contribution in [0.1, 0.15) is 24.5 Å². The van der Waals surface area contributed by atoms with Crippen molar-refractivity contribution >= 4 is 30.0 Å². The minimum atomic E-state index is -2.08.